The third-order valence-electron chi connectivity index (χ3n) is 1.83. The summed E-state index contributed by atoms with van der Waals surface area (Å²) in [4.78, 5) is 9.51. The number of nitrogen functional groups attached to an aromatic ring is 1. The Morgan fingerprint density at radius 2 is 2.17 bits per heavy atom. The van der Waals surface area contributed by atoms with Crippen LogP contribution in [0.15, 0.2) is 6.20 Å². The van der Waals surface area contributed by atoms with Gasteiger partial charge in [0.1, 0.15) is 10.3 Å². The molecule has 62 valence electrons. The van der Waals surface area contributed by atoms with Crippen LogP contribution >= 0.6 is 11.3 Å². The lowest BCUT2D eigenvalue weighted by molar-refractivity contribution is 1.30. The lowest BCUT2D eigenvalue weighted by Gasteiger charge is -1.97. The molecular weight excluding hydrogens is 170 g/mol. The second-order valence-electron chi connectivity index (χ2n) is 2.73. The molecule has 12 heavy (non-hydrogen) atoms. The van der Waals surface area contributed by atoms with Crippen LogP contribution in [0.1, 0.15) is 10.6 Å². The molecule has 0 aliphatic heterocycles. The fourth-order valence-corrected chi connectivity index (χ4v) is 1.93. The normalized spacial score (nSPS) is 10.8. The summed E-state index contributed by atoms with van der Waals surface area (Å²) in [5, 5.41) is 1.03. The second-order valence-corrected chi connectivity index (χ2v) is 3.91. The average Bonchev–Trinajstić information content (AvgIpc) is 2.39. The molecule has 0 aliphatic rings. The Labute approximate surface area is 74.3 Å². The van der Waals surface area contributed by atoms with E-state index in [0.717, 1.165) is 20.9 Å². The van der Waals surface area contributed by atoms with Crippen LogP contribution < -0.4 is 5.73 Å². The summed E-state index contributed by atoms with van der Waals surface area (Å²) < 4.78 is 0. The van der Waals surface area contributed by atoms with Crippen LogP contribution in [0.4, 0.5) is 5.69 Å². The number of hydrogen-bond donors (Lipinski definition) is 1. The van der Waals surface area contributed by atoms with Gasteiger partial charge >= 0.3 is 0 Å². The van der Waals surface area contributed by atoms with Crippen LogP contribution in [-0.4, -0.2) is 9.97 Å². The van der Waals surface area contributed by atoms with E-state index in [1.165, 1.54) is 0 Å². The fraction of sp³-hybridized carbons (Fsp3) is 0.250. The number of anilines is 1. The Balaban J connectivity index is 2.89. The Kier molecular flexibility index (Phi) is 1.51. The van der Waals surface area contributed by atoms with Crippen molar-refractivity contribution in [3.8, 4) is 0 Å². The number of aromatic nitrogens is 2. The molecule has 0 aliphatic carbocycles. The van der Waals surface area contributed by atoms with E-state index < -0.39 is 0 Å². The van der Waals surface area contributed by atoms with Gasteiger partial charge in [0.2, 0.25) is 0 Å². The maximum atomic E-state index is 5.70. The van der Waals surface area contributed by atoms with Crippen LogP contribution in [0.25, 0.3) is 10.3 Å². The summed E-state index contributed by atoms with van der Waals surface area (Å²) in [5.41, 5.74) is 8.39. The number of rotatable bonds is 0. The van der Waals surface area contributed by atoms with Gasteiger partial charge < -0.3 is 5.73 Å². The molecule has 0 amide bonds. The van der Waals surface area contributed by atoms with Gasteiger partial charge in [0.25, 0.3) is 0 Å². The first-order valence-corrected chi connectivity index (χ1v) is 4.48. The Morgan fingerprint density at radius 1 is 1.42 bits per heavy atom. The van der Waals surface area contributed by atoms with Crippen LogP contribution in [0.5, 0.6) is 0 Å². The van der Waals surface area contributed by atoms with Crippen molar-refractivity contribution < 1.29 is 0 Å². The minimum atomic E-state index is 0.716. The summed E-state index contributed by atoms with van der Waals surface area (Å²) in [5.74, 6) is 0. The molecule has 0 radical (unpaired) electrons. The Hall–Kier alpha value is -1.16. The zero-order valence-corrected chi connectivity index (χ0v) is 7.77. The number of aryl methyl sites for hydroxylation is 2. The molecule has 0 unspecified atom stereocenters. The van der Waals surface area contributed by atoms with Gasteiger partial charge in [0.15, 0.2) is 0 Å². The second kappa shape index (κ2) is 2.42. The largest absolute Gasteiger partial charge is 0.397 e. The SMILES string of the molecule is Cc1nc2c(C)c(N)cnc2s1. The molecule has 0 bridgehead atoms. The molecule has 2 heterocycles. The third kappa shape index (κ3) is 0.956. The molecule has 0 fully saturated rings. The monoisotopic (exact) mass is 179 g/mol. The van der Waals surface area contributed by atoms with Gasteiger partial charge in [0.05, 0.1) is 16.9 Å². The van der Waals surface area contributed by atoms with E-state index in [0.29, 0.717) is 5.69 Å². The van der Waals surface area contributed by atoms with Crippen LogP contribution in [0.3, 0.4) is 0 Å². The molecule has 2 N–H and O–H groups in total. The van der Waals surface area contributed by atoms with E-state index in [4.69, 9.17) is 5.73 Å². The quantitative estimate of drug-likeness (QED) is 0.672. The lowest BCUT2D eigenvalue weighted by Crippen LogP contribution is -1.91. The number of pyridine rings is 1. The minimum Gasteiger partial charge on any atom is -0.397 e. The van der Waals surface area contributed by atoms with Gasteiger partial charge in [-0.05, 0) is 13.8 Å². The van der Waals surface area contributed by atoms with Crippen molar-refractivity contribution in [3.05, 3.63) is 16.8 Å². The maximum absolute atomic E-state index is 5.70. The number of thiazole rings is 1. The van der Waals surface area contributed by atoms with E-state index in [9.17, 15) is 0 Å². The van der Waals surface area contributed by atoms with Gasteiger partial charge in [0, 0.05) is 5.56 Å². The first kappa shape index (κ1) is 7.49. The predicted molar refractivity (Wildman–Crippen MR) is 51.3 cm³/mol. The molecule has 3 nitrogen and oxygen atoms in total. The first-order valence-electron chi connectivity index (χ1n) is 3.66. The van der Waals surface area contributed by atoms with Gasteiger partial charge in [-0.15, -0.1) is 0 Å². The Bertz CT molecular complexity index is 433. The van der Waals surface area contributed by atoms with E-state index in [-0.39, 0.29) is 0 Å². The molecule has 2 rings (SSSR count). The fourth-order valence-electron chi connectivity index (χ4n) is 1.11. The van der Waals surface area contributed by atoms with E-state index in [1.807, 2.05) is 13.8 Å². The molecule has 0 saturated carbocycles. The van der Waals surface area contributed by atoms with E-state index in [1.54, 1.807) is 17.5 Å². The van der Waals surface area contributed by atoms with Crippen molar-refractivity contribution in [1.29, 1.82) is 0 Å². The van der Waals surface area contributed by atoms with Gasteiger partial charge in [-0.25, -0.2) is 9.97 Å². The average molecular weight is 179 g/mol. The zero-order chi connectivity index (χ0) is 8.72. The molecule has 0 saturated heterocycles. The highest BCUT2D eigenvalue weighted by Crippen LogP contribution is 2.24. The molecule has 0 spiro atoms. The summed E-state index contributed by atoms with van der Waals surface area (Å²) in [6.07, 6.45) is 1.69. The Morgan fingerprint density at radius 3 is 2.92 bits per heavy atom. The summed E-state index contributed by atoms with van der Waals surface area (Å²) >= 11 is 1.60. The van der Waals surface area contributed by atoms with Crippen molar-refractivity contribution in [2.75, 3.05) is 5.73 Å². The molecule has 2 aromatic heterocycles. The van der Waals surface area contributed by atoms with Crippen LogP contribution in [0.2, 0.25) is 0 Å². The first-order chi connectivity index (χ1) is 5.68. The number of fused-ring (bicyclic) bond motifs is 1. The number of nitrogens with zero attached hydrogens (tertiary/aromatic N) is 2. The highest BCUT2D eigenvalue weighted by molar-refractivity contribution is 7.18. The van der Waals surface area contributed by atoms with Gasteiger partial charge in [-0.1, -0.05) is 11.3 Å². The molecule has 0 aromatic carbocycles. The summed E-state index contributed by atoms with van der Waals surface area (Å²) in [7, 11) is 0. The van der Waals surface area contributed by atoms with Gasteiger partial charge in [-0.3, -0.25) is 0 Å². The van der Waals surface area contributed by atoms with E-state index in [2.05, 4.69) is 9.97 Å². The minimum absolute atomic E-state index is 0.716. The van der Waals surface area contributed by atoms with Gasteiger partial charge in [-0.2, -0.15) is 0 Å². The topological polar surface area (TPSA) is 51.8 Å². The van der Waals surface area contributed by atoms with Crippen molar-refractivity contribution in [1.82, 2.24) is 9.97 Å². The number of hydrogen-bond acceptors (Lipinski definition) is 4. The maximum Gasteiger partial charge on any atom is 0.143 e. The van der Waals surface area contributed by atoms with Crippen molar-refractivity contribution >= 4 is 27.4 Å². The molecule has 4 heteroatoms. The third-order valence-corrected chi connectivity index (χ3v) is 2.70. The molecule has 0 atom stereocenters. The van der Waals surface area contributed by atoms with Crippen molar-refractivity contribution in [2.45, 2.75) is 13.8 Å². The van der Waals surface area contributed by atoms with Crippen molar-refractivity contribution in [2.24, 2.45) is 0 Å². The zero-order valence-electron chi connectivity index (χ0n) is 6.96. The highest BCUT2D eigenvalue weighted by Gasteiger charge is 2.06. The van der Waals surface area contributed by atoms with Crippen LogP contribution in [0, 0.1) is 13.8 Å². The summed E-state index contributed by atoms with van der Waals surface area (Å²) in [6, 6.07) is 0. The smallest absolute Gasteiger partial charge is 0.143 e. The summed E-state index contributed by atoms with van der Waals surface area (Å²) in [6.45, 7) is 3.94. The van der Waals surface area contributed by atoms with Crippen LogP contribution in [-0.2, 0) is 0 Å². The molecular formula is C8H9N3S. The predicted octanol–water partition coefficient (Wildman–Crippen LogP) is 1.89. The highest BCUT2D eigenvalue weighted by atomic mass is 32.1. The standard InChI is InChI=1S/C8H9N3S/c1-4-6(9)3-10-8-7(4)11-5(2)12-8/h3H,9H2,1-2H3. The van der Waals surface area contributed by atoms with Crippen molar-refractivity contribution in [3.63, 3.8) is 0 Å². The lowest BCUT2D eigenvalue weighted by atomic mass is 10.2. The number of nitrogens with two attached hydrogens (primary N) is 1. The van der Waals surface area contributed by atoms with E-state index >= 15 is 0 Å². The molecule has 2 aromatic rings.